The van der Waals surface area contributed by atoms with Crippen LogP contribution in [-0.4, -0.2) is 50.2 Å². The van der Waals surface area contributed by atoms with E-state index >= 15 is 0 Å². The summed E-state index contributed by atoms with van der Waals surface area (Å²) in [6.07, 6.45) is 3.58. The number of halogens is 2. The summed E-state index contributed by atoms with van der Waals surface area (Å²) in [4.78, 5) is 24.3. The van der Waals surface area contributed by atoms with E-state index in [-0.39, 0.29) is 36.8 Å². The van der Waals surface area contributed by atoms with Crippen molar-refractivity contribution in [1.82, 2.24) is 30.0 Å². The number of fused-ring (bicyclic) bond motifs is 1. The summed E-state index contributed by atoms with van der Waals surface area (Å²) in [5.74, 6) is 0.0203. The van der Waals surface area contributed by atoms with E-state index in [0.717, 1.165) is 41.1 Å². The molecule has 1 amide bonds. The average Bonchev–Trinajstić information content (AvgIpc) is 2.95. The number of amides is 1. The molecule has 28 heavy (non-hydrogen) atoms. The monoisotopic (exact) mass is 422 g/mol. The van der Waals surface area contributed by atoms with Crippen LogP contribution in [0.5, 0.6) is 0 Å². The second kappa shape index (κ2) is 8.86. The highest BCUT2D eigenvalue weighted by atomic mass is 35.5. The number of piperazine rings is 1. The largest absolute Gasteiger partial charge is 0.329 e. The lowest BCUT2D eigenvalue weighted by Crippen LogP contribution is -2.48. The van der Waals surface area contributed by atoms with Crippen LogP contribution in [0.4, 0.5) is 0 Å². The standard InChI is InChI=1S/C19H22N6O.2ClH/c1-12-9-15(17-13(2)23-24(3)18(17)22-12)19(26)25-8-7-21-11-16(25)14-5-4-6-20-10-14;;/h4-6,9-10,16,21H,7-8,11H2,1-3H3;2*1H. The highest BCUT2D eigenvalue weighted by Gasteiger charge is 2.30. The maximum absolute atomic E-state index is 13.5. The Morgan fingerprint density at radius 3 is 2.79 bits per heavy atom. The summed E-state index contributed by atoms with van der Waals surface area (Å²) in [7, 11) is 1.86. The Bertz CT molecular complexity index is 975. The van der Waals surface area contributed by atoms with Crippen molar-refractivity contribution in [1.29, 1.82) is 0 Å². The van der Waals surface area contributed by atoms with Gasteiger partial charge in [-0.15, -0.1) is 24.8 Å². The van der Waals surface area contributed by atoms with Crippen LogP contribution in [0.3, 0.4) is 0 Å². The van der Waals surface area contributed by atoms with Crippen LogP contribution in [0, 0.1) is 13.8 Å². The van der Waals surface area contributed by atoms with Gasteiger partial charge in [-0.3, -0.25) is 14.5 Å². The Balaban J connectivity index is 0.00000140. The van der Waals surface area contributed by atoms with Gasteiger partial charge < -0.3 is 10.2 Å². The summed E-state index contributed by atoms with van der Waals surface area (Å²) in [5.41, 5.74) is 4.11. The molecule has 1 fully saturated rings. The Hall–Kier alpha value is -2.22. The lowest BCUT2D eigenvalue weighted by atomic mass is 10.0. The van der Waals surface area contributed by atoms with Gasteiger partial charge in [-0.1, -0.05) is 6.07 Å². The molecule has 0 bridgehead atoms. The number of nitrogens with one attached hydrogen (secondary N) is 1. The number of hydrogen-bond donors (Lipinski definition) is 1. The highest BCUT2D eigenvalue weighted by molar-refractivity contribution is 6.06. The normalized spacial score (nSPS) is 16.4. The van der Waals surface area contributed by atoms with Gasteiger partial charge in [0, 0.05) is 44.8 Å². The number of aryl methyl sites for hydroxylation is 3. The summed E-state index contributed by atoms with van der Waals surface area (Å²) < 4.78 is 1.74. The molecular weight excluding hydrogens is 399 g/mol. The van der Waals surface area contributed by atoms with Crippen molar-refractivity contribution >= 4 is 41.8 Å². The SMILES string of the molecule is Cc1cc(C(=O)N2CCNCC2c2cccnc2)c2c(C)nn(C)c2n1.Cl.Cl. The number of hydrogen-bond acceptors (Lipinski definition) is 5. The van der Waals surface area contributed by atoms with Crippen LogP contribution in [0.15, 0.2) is 30.6 Å². The third kappa shape index (κ3) is 3.83. The van der Waals surface area contributed by atoms with E-state index < -0.39 is 0 Å². The van der Waals surface area contributed by atoms with E-state index in [4.69, 9.17) is 0 Å². The average molecular weight is 423 g/mol. The zero-order valence-electron chi connectivity index (χ0n) is 16.0. The molecule has 0 aromatic carbocycles. The van der Waals surface area contributed by atoms with Crippen molar-refractivity contribution in [2.24, 2.45) is 7.05 Å². The Morgan fingerprint density at radius 2 is 2.07 bits per heavy atom. The van der Waals surface area contributed by atoms with Crippen LogP contribution >= 0.6 is 24.8 Å². The third-order valence-corrected chi connectivity index (χ3v) is 4.90. The van der Waals surface area contributed by atoms with Gasteiger partial charge in [0.1, 0.15) is 0 Å². The number of pyridine rings is 2. The van der Waals surface area contributed by atoms with Gasteiger partial charge in [0.2, 0.25) is 0 Å². The third-order valence-electron chi connectivity index (χ3n) is 4.90. The molecule has 0 aliphatic carbocycles. The number of rotatable bonds is 2. The Morgan fingerprint density at radius 1 is 1.29 bits per heavy atom. The zero-order valence-corrected chi connectivity index (χ0v) is 17.7. The van der Waals surface area contributed by atoms with Crippen molar-refractivity contribution in [3.63, 3.8) is 0 Å². The molecule has 1 aliphatic rings. The molecule has 9 heteroatoms. The molecule has 0 radical (unpaired) electrons. The van der Waals surface area contributed by atoms with E-state index in [1.807, 2.05) is 50.2 Å². The minimum Gasteiger partial charge on any atom is -0.329 e. The van der Waals surface area contributed by atoms with E-state index in [0.29, 0.717) is 12.1 Å². The van der Waals surface area contributed by atoms with E-state index in [2.05, 4.69) is 20.4 Å². The first kappa shape index (κ1) is 22.1. The Kier molecular flexibility index (Phi) is 6.98. The molecule has 1 unspecified atom stereocenters. The lowest BCUT2D eigenvalue weighted by molar-refractivity contribution is 0.0636. The number of carbonyl (C=O) groups excluding carboxylic acids is 1. The van der Waals surface area contributed by atoms with Gasteiger partial charge in [-0.2, -0.15) is 5.10 Å². The van der Waals surface area contributed by atoms with Gasteiger partial charge in [-0.05, 0) is 31.5 Å². The molecule has 1 saturated heterocycles. The molecule has 4 heterocycles. The van der Waals surface area contributed by atoms with Crippen molar-refractivity contribution < 1.29 is 4.79 Å². The van der Waals surface area contributed by atoms with Crippen LogP contribution in [0.25, 0.3) is 11.0 Å². The smallest absolute Gasteiger partial charge is 0.255 e. The highest BCUT2D eigenvalue weighted by Crippen LogP contribution is 2.28. The second-order valence-corrected chi connectivity index (χ2v) is 6.72. The van der Waals surface area contributed by atoms with Gasteiger partial charge in [0.15, 0.2) is 5.65 Å². The quantitative estimate of drug-likeness (QED) is 0.686. The van der Waals surface area contributed by atoms with Gasteiger partial charge in [0.05, 0.1) is 22.7 Å². The molecule has 1 atom stereocenters. The minimum atomic E-state index is -0.0366. The second-order valence-electron chi connectivity index (χ2n) is 6.72. The fraction of sp³-hybridized carbons (Fsp3) is 0.368. The van der Waals surface area contributed by atoms with E-state index in [1.54, 1.807) is 10.9 Å². The predicted molar refractivity (Wildman–Crippen MR) is 113 cm³/mol. The van der Waals surface area contributed by atoms with Crippen molar-refractivity contribution in [3.05, 3.63) is 53.1 Å². The van der Waals surface area contributed by atoms with Gasteiger partial charge in [-0.25, -0.2) is 4.98 Å². The van der Waals surface area contributed by atoms with Crippen LogP contribution < -0.4 is 5.32 Å². The van der Waals surface area contributed by atoms with Gasteiger partial charge >= 0.3 is 0 Å². The molecule has 3 aromatic heterocycles. The first-order chi connectivity index (χ1) is 12.6. The van der Waals surface area contributed by atoms with Crippen LogP contribution in [0.2, 0.25) is 0 Å². The molecule has 4 rings (SSSR count). The fourth-order valence-corrected chi connectivity index (χ4v) is 3.71. The molecule has 3 aromatic rings. The molecule has 0 saturated carbocycles. The predicted octanol–water partition coefficient (Wildman–Crippen LogP) is 2.61. The molecule has 1 N–H and O–H groups in total. The zero-order chi connectivity index (χ0) is 18.3. The van der Waals surface area contributed by atoms with Crippen LogP contribution in [0.1, 0.15) is 33.4 Å². The molecule has 0 spiro atoms. The first-order valence-electron chi connectivity index (χ1n) is 8.79. The summed E-state index contributed by atoms with van der Waals surface area (Å²) in [6, 6.07) is 5.77. The van der Waals surface area contributed by atoms with Gasteiger partial charge in [0.25, 0.3) is 5.91 Å². The van der Waals surface area contributed by atoms with Crippen LogP contribution in [-0.2, 0) is 7.05 Å². The number of carbonyl (C=O) groups is 1. The van der Waals surface area contributed by atoms with E-state index in [9.17, 15) is 4.79 Å². The fourth-order valence-electron chi connectivity index (χ4n) is 3.71. The molecular formula is C19H24Cl2N6O. The van der Waals surface area contributed by atoms with Crippen molar-refractivity contribution in [2.75, 3.05) is 19.6 Å². The van der Waals surface area contributed by atoms with E-state index in [1.165, 1.54) is 0 Å². The molecule has 7 nitrogen and oxygen atoms in total. The lowest BCUT2D eigenvalue weighted by Gasteiger charge is -2.36. The minimum absolute atomic E-state index is 0. The molecule has 150 valence electrons. The first-order valence-corrected chi connectivity index (χ1v) is 8.79. The summed E-state index contributed by atoms with van der Waals surface area (Å²) in [6.45, 7) is 5.99. The van der Waals surface area contributed by atoms with Crippen molar-refractivity contribution in [3.8, 4) is 0 Å². The maximum atomic E-state index is 13.5. The summed E-state index contributed by atoms with van der Waals surface area (Å²) in [5, 5.41) is 8.68. The topological polar surface area (TPSA) is 75.9 Å². The Labute approximate surface area is 176 Å². The summed E-state index contributed by atoms with van der Waals surface area (Å²) >= 11 is 0. The number of aromatic nitrogens is 4. The number of nitrogens with zero attached hydrogens (tertiary/aromatic N) is 5. The van der Waals surface area contributed by atoms with Crippen molar-refractivity contribution in [2.45, 2.75) is 19.9 Å². The molecule has 1 aliphatic heterocycles. The maximum Gasteiger partial charge on any atom is 0.255 e.